The number of carbonyl (C=O) groups excluding carboxylic acids is 2. The molecular weight excluding hydrogens is 604 g/mol. The molecule has 0 bridgehead atoms. The van der Waals surface area contributed by atoms with Gasteiger partial charge >= 0.3 is 5.97 Å². The second-order valence-corrected chi connectivity index (χ2v) is 18.4. The molecule has 7 rings (SSSR count). The smallest absolute Gasteiger partial charge is 0.303 e. The molecule has 1 unspecified atom stereocenters. The van der Waals surface area contributed by atoms with Crippen LogP contribution < -0.4 is 0 Å². The van der Waals surface area contributed by atoms with Gasteiger partial charge in [0, 0.05) is 18.3 Å². The highest BCUT2D eigenvalue weighted by molar-refractivity contribution is 5.93. The Morgan fingerprint density at radius 2 is 1.64 bits per heavy atom. The molecule has 2 spiro atoms. The van der Waals surface area contributed by atoms with Crippen molar-refractivity contribution in [1.82, 2.24) is 0 Å². The maximum absolute atomic E-state index is 15.0. The third-order valence-electron chi connectivity index (χ3n) is 15.6. The van der Waals surface area contributed by atoms with Crippen molar-refractivity contribution < 1.29 is 49.0 Å². The summed E-state index contributed by atoms with van der Waals surface area (Å²) in [5.74, 6) is 0.603. The fourth-order valence-corrected chi connectivity index (χ4v) is 13.4. The molecule has 47 heavy (non-hydrogen) atoms. The second kappa shape index (κ2) is 10.7. The molecule has 2 aliphatic heterocycles. The van der Waals surface area contributed by atoms with Gasteiger partial charge in [0.1, 0.15) is 24.4 Å². The average molecular weight is 663 g/mol. The zero-order chi connectivity index (χ0) is 34.3. The van der Waals surface area contributed by atoms with Gasteiger partial charge in [0.25, 0.3) is 0 Å². The molecule has 0 aromatic rings. The summed E-state index contributed by atoms with van der Waals surface area (Å²) in [6.07, 6.45) is 0.691. The number of fused-ring (bicyclic) bond motifs is 4. The van der Waals surface area contributed by atoms with Crippen LogP contribution in [0.25, 0.3) is 0 Å². The predicted octanol–water partition coefficient (Wildman–Crippen LogP) is 3.53. The first-order chi connectivity index (χ1) is 21.8. The number of esters is 1. The van der Waals surface area contributed by atoms with E-state index in [1.54, 1.807) is 13.8 Å². The van der Waals surface area contributed by atoms with Crippen LogP contribution in [-0.2, 0) is 28.5 Å². The lowest BCUT2D eigenvalue weighted by Gasteiger charge is -2.62. The van der Waals surface area contributed by atoms with Crippen molar-refractivity contribution in [2.75, 3.05) is 6.61 Å². The van der Waals surface area contributed by atoms with Crippen LogP contribution in [0.1, 0.15) is 107 Å². The van der Waals surface area contributed by atoms with E-state index in [4.69, 9.17) is 18.9 Å². The monoisotopic (exact) mass is 662 g/mol. The summed E-state index contributed by atoms with van der Waals surface area (Å²) in [5, 5.41) is 41.8. The van der Waals surface area contributed by atoms with Gasteiger partial charge in [0.15, 0.2) is 18.2 Å². The number of aliphatic hydroxyl groups excluding tert-OH is 3. The fourth-order valence-electron chi connectivity index (χ4n) is 13.4. The van der Waals surface area contributed by atoms with E-state index in [1.165, 1.54) is 6.92 Å². The number of Topliss-reactive ketones (excluding diaryl/α,β-unsaturated/α-hetero) is 1. The van der Waals surface area contributed by atoms with Crippen LogP contribution in [0, 0.1) is 50.7 Å². The highest BCUT2D eigenvalue weighted by Gasteiger charge is 2.85. The van der Waals surface area contributed by atoms with Gasteiger partial charge in [-0.1, -0.05) is 34.6 Å². The van der Waals surface area contributed by atoms with Crippen molar-refractivity contribution in [2.24, 2.45) is 50.7 Å². The number of hydrogen-bond acceptors (Lipinski definition) is 10. The van der Waals surface area contributed by atoms with Gasteiger partial charge in [-0.05, 0) is 105 Å². The normalized spacial score (nSPS) is 53.9. The summed E-state index contributed by atoms with van der Waals surface area (Å²) < 4.78 is 24.4. The minimum absolute atomic E-state index is 0.0668. The molecular formula is C37H58O10. The SMILES string of the molecule is CC(=O)O[C@@H]([C@H]1C[C@@H](C)[C@H]2C(O1)C(=O)[C@@]1(C)[C@@H]3CC[C@H]4C(C)(C)[C@@H](O[C@@H]5OC[C@@H](O)[C@H](O)[C@H]5O)CC[C@@]45C[C@@]35CC[C@]21C)C(C)(C)O. The molecule has 2 heterocycles. The molecule has 0 aromatic heterocycles. The first-order valence-corrected chi connectivity index (χ1v) is 18.2. The van der Waals surface area contributed by atoms with Crippen LogP contribution in [0.2, 0.25) is 0 Å². The third-order valence-corrected chi connectivity index (χ3v) is 15.6. The lowest BCUT2D eigenvalue weighted by atomic mass is 9.41. The summed E-state index contributed by atoms with van der Waals surface area (Å²) in [6, 6.07) is 0. The summed E-state index contributed by atoms with van der Waals surface area (Å²) in [4.78, 5) is 27.0. The van der Waals surface area contributed by atoms with Crippen LogP contribution in [0.4, 0.5) is 0 Å². The van der Waals surface area contributed by atoms with Crippen LogP contribution in [0.15, 0.2) is 0 Å². The van der Waals surface area contributed by atoms with E-state index in [2.05, 4.69) is 34.6 Å². The maximum Gasteiger partial charge on any atom is 0.303 e. The number of hydrogen-bond donors (Lipinski definition) is 4. The molecule has 4 N–H and O–H groups in total. The molecule has 5 aliphatic carbocycles. The van der Waals surface area contributed by atoms with Gasteiger partial charge in [-0.25, -0.2) is 0 Å². The fraction of sp³-hybridized carbons (Fsp3) is 0.946. The van der Waals surface area contributed by atoms with Crippen molar-refractivity contribution >= 4 is 11.8 Å². The highest BCUT2D eigenvalue weighted by atomic mass is 16.7. The van der Waals surface area contributed by atoms with E-state index in [-0.39, 0.29) is 57.9 Å². The Morgan fingerprint density at radius 3 is 2.30 bits per heavy atom. The summed E-state index contributed by atoms with van der Waals surface area (Å²) in [7, 11) is 0. The van der Waals surface area contributed by atoms with E-state index in [0.717, 1.165) is 44.9 Å². The maximum atomic E-state index is 15.0. The van der Waals surface area contributed by atoms with Crippen LogP contribution in [0.3, 0.4) is 0 Å². The minimum Gasteiger partial charge on any atom is -0.457 e. The van der Waals surface area contributed by atoms with Crippen molar-refractivity contribution in [3.8, 4) is 0 Å². The quantitative estimate of drug-likeness (QED) is 0.254. The van der Waals surface area contributed by atoms with Crippen molar-refractivity contribution in [2.45, 2.75) is 161 Å². The lowest BCUT2D eigenvalue weighted by molar-refractivity contribution is -0.302. The van der Waals surface area contributed by atoms with Crippen LogP contribution in [0.5, 0.6) is 0 Å². The summed E-state index contributed by atoms with van der Waals surface area (Å²) in [5.41, 5.74) is -2.06. The van der Waals surface area contributed by atoms with E-state index in [1.807, 2.05) is 0 Å². The van der Waals surface area contributed by atoms with E-state index in [9.17, 15) is 30.0 Å². The van der Waals surface area contributed by atoms with Gasteiger partial charge in [-0.3, -0.25) is 9.59 Å². The van der Waals surface area contributed by atoms with Crippen LogP contribution in [-0.4, -0.2) is 93.4 Å². The Kier molecular flexibility index (Phi) is 7.80. The van der Waals surface area contributed by atoms with E-state index in [0.29, 0.717) is 12.3 Å². The Hall–Kier alpha value is -1.14. The van der Waals surface area contributed by atoms with E-state index >= 15 is 0 Å². The zero-order valence-electron chi connectivity index (χ0n) is 29.5. The largest absolute Gasteiger partial charge is 0.457 e. The molecule has 0 aromatic carbocycles. The molecule has 5 saturated carbocycles. The minimum atomic E-state index is -1.31. The first-order valence-electron chi connectivity index (χ1n) is 18.2. The highest BCUT2D eigenvalue weighted by Crippen LogP contribution is 2.89. The molecule has 0 radical (unpaired) electrons. The zero-order valence-corrected chi connectivity index (χ0v) is 29.5. The van der Waals surface area contributed by atoms with Gasteiger partial charge in [0.2, 0.25) is 0 Å². The first kappa shape index (κ1) is 34.3. The summed E-state index contributed by atoms with van der Waals surface area (Å²) >= 11 is 0. The lowest BCUT2D eigenvalue weighted by Crippen LogP contribution is -2.60. The standard InChI is InChI=1S/C37H58O10/c1-18-15-21(30(33(5,6)43)45-19(2)38)46-28-25(18)34(7)13-14-37-17-36(37)12-11-24(47-31-27(41)26(40)20(39)16-44-31)32(3,4)22(36)9-10-23(37)35(34,8)29(28)42/h18,20-28,30-31,39-41,43H,9-17H2,1-8H3/t18-,20-,21-,22+,23+,24+,25+,26+,27-,28?,30+,31+,34-,35-,36-,37+/m1/s1. The predicted molar refractivity (Wildman–Crippen MR) is 170 cm³/mol. The van der Waals surface area contributed by atoms with Crippen LogP contribution >= 0.6 is 0 Å². The second-order valence-electron chi connectivity index (χ2n) is 18.4. The number of carbonyl (C=O) groups is 2. The Morgan fingerprint density at radius 1 is 0.979 bits per heavy atom. The van der Waals surface area contributed by atoms with Crippen molar-refractivity contribution in [3.05, 3.63) is 0 Å². The number of ether oxygens (including phenoxy) is 4. The molecule has 266 valence electrons. The summed E-state index contributed by atoms with van der Waals surface area (Å²) in [6.45, 7) is 15.9. The molecule has 16 atom stereocenters. The number of rotatable bonds is 5. The van der Waals surface area contributed by atoms with Gasteiger partial charge in [-0.15, -0.1) is 0 Å². The van der Waals surface area contributed by atoms with Gasteiger partial charge in [0.05, 0.1) is 24.4 Å². The molecule has 7 fully saturated rings. The average Bonchev–Trinajstić information content (AvgIpc) is 3.61. The van der Waals surface area contributed by atoms with Gasteiger partial charge in [-0.2, -0.15) is 0 Å². The van der Waals surface area contributed by atoms with E-state index < -0.39 is 59.9 Å². The number of ketones is 1. The third kappa shape index (κ3) is 4.46. The molecule has 0 amide bonds. The van der Waals surface area contributed by atoms with Gasteiger partial charge < -0.3 is 39.4 Å². The van der Waals surface area contributed by atoms with Crippen molar-refractivity contribution in [1.29, 1.82) is 0 Å². The molecule has 10 heteroatoms. The number of aliphatic hydroxyl groups is 4. The molecule has 10 nitrogen and oxygen atoms in total. The van der Waals surface area contributed by atoms with Crippen molar-refractivity contribution in [3.63, 3.8) is 0 Å². The Bertz CT molecular complexity index is 1290. The molecule has 7 aliphatic rings. The topological polar surface area (TPSA) is 152 Å². The molecule has 2 saturated heterocycles. The Labute approximate surface area is 279 Å². The Balaban J connectivity index is 1.15.